The highest BCUT2D eigenvalue weighted by molar-refractivity contribution is 7.16. The Morgan fingerprint density at radius 1 is 1.27 bits per heavy atom. The Hall–Kier alpha value is -3.04. The molecule has 0 N–H and O–H groups in total. The molecular formula is C20H18ClN3O5S. The molecule has 1 heterocycles. The first kappa shape index (κ1) is 21.7. The molecule has 2 aromatic carbocycles. The summed E-state index contributed by atoms with van der Waals surface area (Å²) in [6.45, 7) is 5.63. The Bertz CT molecular complexity index is 1250. The van der Waals surface area contributed by atoms with Crippen molar-refractivity contribution in [3.05, 3.63) is 67.0 Å². The lowest BCUT2D eigenvalue weighted by Crippen LogP contribution is -2.23. The first-order chi connectivity index (χ1) is 14.2. The lowest BCUT2D eigenvalue weighted by Gasteiger charge is -2.07. The topological polar surface area (TPSA) is 104 Å². The maximum atomic E-state index is 12.8. The van der Waals surface area contributed by atoms with Crippen molar-refractivity contribution in [1.82, 2.24) is 4.57 Å². The number of aromatic nitrogens is 1. The summed E-state index contributed by atoms with van der Waals surface area (Å²) in [5.41, 5.74) is 2.07. The van der Waals surface area contributed by atoms with Crippen LogP contribution in [-0.4, -0.2) is 28.0 Å². The molecule has 10 heteroatoms. The van der Waals surface area contributed by atoms with Crippen LogP contribution in [0.1, 0.15) is 28.4 Å². The van der Waals surface area contributed by atoms with Crippen molar-refractivity contribution < 1.29 is 19.2 Å². The molecule has 3 aromatic rings. The molecule has 0 aliphatic rings. The second-order valence-corrected chi connectivity index (χ2v) is 7.99. The van der Waals surface area contributed by atoms with Gasteiger partial charge in [0.15, 0.2) is 4.80 Å². The summed E-state index contributed by atoms with van der Waals surface area (Å²) in [6, 6.07) is 7.60. The van der Waals surface area contributed by atoms with E-state index in [9.17, 15) is 19.7 Å². The smallest absolute Gasteiger partial charge is 0.326 e. The van der Waals surface area contributed by atoms with Crippen molar-refractivity contribution >= 4 is 50.7 Å². The molecule has 30 heavy (non-hydrogen) atoms. The number of nitro groups is 1. The number of benzene rings is 2. The molecule has 0 atom stereocenters. The van der Waals surface area contributed by atoms with Crippen LogP contribution < -0.4 is 4.80 Å². The Kier molecular flexibility index (Phi) is 6.33. The Morgan fingerprint density at radius 2 is 2.00 bits per heavy atom. The second-order valence-electron chi connectivity index (χ2n) is 6.54. The van der Waals surface area contributed by atoms with Gasteiger partial charge in [-0.15, -0.1) is 0 Å². The molecule has 1 amide bonds. The standard InChI is InChI=1S/C20H18ClN3O5S/c1-4-29-17(25)10-23-18-12(3)7-11(2)8-16(18)30-20(23)22-19(26)14-9-13(21)5-6-15(14)24(27)28/h5-9H,4,10H2,1-3H3. The van der Waals surface area contributed by atoms with Crippen LogP contribution in [-0.2, 0) is 16.1 Å². The summed E-state index contributed by atoms with van der Waals surface area (Å²) < 4.78 is 7.49. The Balaban J connectivity index is 2.22. The molecular weight excluding hydrogens is 430 g/mol. The van der Waals surface area contributed by atoms with Crippen molar-refractivity contribution in [2.75, 3.05) is 6.61 Å². The van der Waals surface area contributed by atoms with Crippen LogP contribution in [0.3, 0.4) is 0 Å². The van der Waals surface area contributed by atoms with Crippen LogP contribution in [0.15, 0.2) is 35.3 Å². The average Bonchev–Trinajstić information content (AvgIpc) is 2.98. The number of esters is 1. The quantitative estimate of drug-likeness (QED) is 0.331. The van der Waals surface area contributed by atoms with Gasteiger partial charge in [0, 0.05) is 11.1 Å². The number of rotatable bonds is 5. The molecule has 0 unspecified atom stereocenters. The number of carbonyl (C=O) groups is 2. The summed E-state index contributed by atoms with van der Waals surface area (Å²) in [5.74, 6) is -1.29. The van der Waals surface area contributed by atoms with Crippen LogP contribution in [0.4, 0.5) is 5.69 Å². The zero-order valence-corrected chi connectivity index (χ0v) is 18.0. The molecule has 0 bridgehead atoms. The summed E-state index contributed by atoms with van der Waals surface area (Å²) in [4.78, 5) is 40.0. The van der Waals surface area contributed by atoms with Gasteiger partial charge >= 0.3 is 5.97 Å². The van der Waals surface area contributed by atoms with Gasteiger partial charge in [0.1, 0.15) is 12.1 Å². The van der Waals surface area contributed by atoms with Gasteiger partial charge in [-0.3, -0.25) is 19.7 Å². The van der Waals surface area contributed by atoms with Gasteiger partial charge in [0.25, 0.3) is 11.6 Å². The van der Waals surface area contributed by atoms with Crippen LogP contribution in [0, 0.1) is 24.0 Å². The number of carbonyl (C=O) groups excluding carboxylic acids is 2. The fourth-order valence-corrected chi connectivity index (χ4v) is 4.52. The number of nitro benzene ring substituents is 1. The third-order valence-electron chi connectivity index (χ3n) is 4.29. The van der Waals surface area contributed by atoms with Crippen LogP contribution in [0.2, 0.25) is 5.02 Å². The highest BCUT2D eigenvalue weighted by Crippen LogP contribution is 2.25. The highest BCUT2D eigenvalue weighted by Gasteiger charge is 2.21. The number of amides is 1. The highest BCUT2D eigenvalue weighted by atomic mass is 35.5. The molecule has 1 aromatic heterocycles. The summed E-state index contributed by atoms with van der Waals surface area (Å²) in [6.07, 6.45) is 0. The molecule has 0 fully saturated rings. The van der Waals surface area contributed by atoms with Crippen molar-refractivity contribution in [1.29, 1.82) is 0 Å². The van der Waals surface area contributed by atoms with E-state index >= 15 is 0 Å². The van der Waals surface area contributed by atoms with E-state index < -0.39 is 22.5 Å². The molecule has 8 nitrogen and oxygen atoms in total. The molecule has 0 saturated heterocycles. The predicted molar refractivity (Wildman–Crippen MR) is 114 cm³/mol. The van der Waals surface area contributed by atoms with E-state index in [1.54, 1.807) is 11.5 Å². The SMILES string of the molecule is CCOC(=O)Cn1c(=NC(=O)c2cc(Cl)ccc2[N+](=O)[O-])sc2cc(C)cc(C)c21. The van der Waals surface area contributed by atoms with Crippen molar-refractivity contribution in [2.45, 2.75) is 27.3 Å². The lowest BCUT2D eigenvalue weighted by atomic mass is 10.1. The number of aryl methyl sites for hydroxylation is 2. The second kappa shape index (κ2) is 8.76. The molecule has 0 aliphatic heterocycles. The molecule has 3 rings (SSSR count). The minimum absolute atomic E-state index is 0.137. The average molecular weight is 448 g/mol. The third-order valence-corrected chi connectivity index (χ3v) is 5.55. The van der Waals surface area contributed by atoms with Gasteiger partial charge in [-0.25, -0.2) is 0 Å². The fourth-order valence-electron chi connectivity index (χ4n) is 3.15. The number of fused-ring (bicyclic) bond motifs is 1. The van der Waals surface area contributed by atoms with Crippen LogP contribution in [0.25, 0.3) is 10.2 Å². The maximum absolute atomic E-state index is 12.8. The van der Waals surface area contributed by atoms with E-state index in [4.69, 9.17) is 16.3 Å². The molecule has 156 valence electrons. The van der Waals surface area contributed by atoms with Gasteiger partial charge in [0.2, 0.25) is 0 Å². The fraction of sp³-hybridized carbons (Fsp3) is 0.250. The Morgan fingerprint density at radius 3 is 2.67 bits per heavy atom. The minimum Gasteiger partial charge on any atom is -0.465 e. The molecule has 0 saturated carbocycles. The summed E-state index contributed by atoms with van der Waals surface area (Å²) >= 11 is 7.14. The van der Waals surface area contributed by atoms with Crippen molar-refractivity contribution in [2.24, 2.45) is 4.99 Å². The van der Waals surface area contributed by atoms with E-state index in [1.165, 1.54) is 23.5 Å². The molecule has 0 spiro atoms. The minimum atomic E-state index is -0.817. The number of thiazole rings is 1. The first-order valence-corrected chi connectivity index (χ1v) is 10.2. The number of ether oxygens (including phenoxy) is 1. The summed E-state index contributed by atoms with van der Waals surface area (Å²) in [5, 5.41) is 11.5. The van der Waals surface area contributed by atoms with Gasteiger partial charge in [-0.1, -0.05) is 29.0 Å². The van der Waals surface area contributed by atoms with E-state index in [0.717, 1.165) is 27.4 Å². The monoisotopic (exact) mass is 447 g/mol. The molecule has 0 radical (unpaired) electrons. The van der Waals surface area contributed by atoms with E-state index in [0.29, 0.717) is 0 Å². The van der Waals surface area contributed by atoms with Crippen LogP contribution >= 0.6 is 22.9 Å². The summed E-state index contributed by atoms with van der Waals surface area (Å²) in [7, 11) is 0. The number of hydrogen-bond donors (Lipinski definition) is 0. The number of hydrogen-bond acceptors (Lipinski definition) is 6. The maximum Gasteiger partial charge on any atom is 0.326 e. The zero-order valence-electron chi connectivity index (χ0n) is 16.5. The van der Waals surface area contributed by atoms with Gasteiger partial charge in [-0.2, -0.15) is 4.99 Å². The Labute approximate surface area is 180 Å². The molecule has 0 aliphatic carbocycles. The largest absolute Gasteiger partial charge is 0.465 e. The van der Waals surface area contributed by atoms with Gasteiger partial charge < -0.3 is 9.30 Å². The van der Waals surface area contributed by atoms with Crippen molar-refractivity contribution in [3.63, 3.8) is 0 Å². The van der Waals surface area contributed by atoms with Crippen molar-refractivity contribution in [3.8, 4) is 0 Å². The lowest BCUT2D eigenvalue weighted by molar-refractivity contribution is -0.385. The normalized spacial score (nSPS) is 11.7. The van der Waals surface area contributed by atoms with Gasteiger partial charge in [0.05, 0.1) is 21.7 Å². The zero-order chi connectivity index (χ0) is 22.0. The van der Waals surface area contributed by atoms with E-state index in [2.05, 4.69) is 4.99 Å². The van der Waals surface area contributed by atoms with Gasteiger partial charge in [-0.05, 0) is 50.1 Å². The van der Waals surface area contributed by atoms with Crippen LogP contribution in [0.5, 0.6) is 0 Å². The van der Waals surface area contributed by atoms with E-state index in [-0.39, 0.29) is 28.5 Å². The number of halogens is 1. The first-order valence-electron chi connectivity index (χ1n) is 9.00. The third kappa shape index (κ3) is 4.42. The predicted octanol–water partition coefficient (Wildman–Crippen LogP) is 4.19. The van der Waals surface area contributed by atoms with E-state index in [1.807, 2.05) is 26.0 Å². The number of nitrogens with zero attached hydrogens (tertiary/aromatic N) is 3.